The van der Waals surface area contributed by atoms with Gasteiger partial charge in [-0.2, -0.15) is 0 Å². The van der Waals surface area contributed by atoms with E-state index in [1.807, 2.05) is 7.05 Å². The topological polar surface area (TPSA) is 24.1 Å². The Morgan fingerprint density at radius 1 is 1.56 bits per heavy atom. The summed E-state index contributed by atoms with van der Waals surface area (Å²) in [6.07, 6.45) is 2.33. The molecule has 1 heterocycles. The van der Waals surface area contributed by atoms with Gasteiger partial charge in [0.2, 0.25) is 0 Å². The SMILES string of the molecule is CNC(c1ccc(F)c(Cl)c1)C1CCCN1. The molecule has 1 aromatic carbocycles. The Morgan fingerprint density at radius 2 is 2.38 bits per heavy atom. The lowest BCUT2D eigenvalue weighted by molar-refractivity contribution is 0.440. The zero-order valence-electron chi connectivity index (χ0n) is 9.26. The quantitative estimate of drug-likeness (QED) is 0.851. The first-order valence-corrected chi connectivity index (χ1v) is 5.96. The van der Waals surface area contributed by atoms with E-state index < -0.39 is 0 Å². The van der Waals surface area contributed by atoms with Gasteiger partial charge in [-0.15, -0.1) is 0 Å². The molecule has 2 N–H and O–H groups in total. The number of hydrogen-bond acceptors (Lipinski definition) is 2. The van der Waals surface area contributed by atoms with E-state index in [4.69, 9.17) is 11.6 Å². The van der Waals surface area contributed by atoms with E-state index in [1.165, 1.54) is 12.5 Å². The minimum absolute atomic E-state index is 0.191. The normalized spacial score (nSPS) is 22.3. The molecule has 0 aliphatic carbocycles. The fourth-order valence-corrected chi connectivity index (χ4v) is 2.49. The third-order valence-electron chi connectivity index (χ3n) is 3.11. The van der Waals surface area contributed by atoms with Crippen molar-refractivity contribution >= 4 is 11.6 Å². The third-order valence-corrected chi connectivity index (χ3v) is 3.40. The van der Waals surface area contributed by atoms with Crippen LogP contribution >= 0.6 is 11.6 Å². The van der Waals surface area contributed by atoms with Crippen LogP contribution < -0.4 is 10.6 Å². The summed E-state index contributed by atoms with van der Waals surface area (Å²) in [5, 5.41) is 6.89. The van der Waals surface area contributed by atoms with E-state index in [9.17, 15) is 4.39 Å². The fraction of sp³-hybridized carbons (Fsp3) is 0.500. The van der Waals surface area contributed by atoms with E-state index in [-0.39, 0.29) is 16.9 Å². The second-order valence-electron chi connectivity index (χ2n) is 4.14. The molecule has 0 aromatic heterocycles. The molecule has 4 heteroatoms. The molecule has 2 nitrogen and oxygen atoms in total. The van der Waals surface area contributed by atoms with Crippen LogP contribution in [0.15, 0.2) is 18.2 Å². The maximum Gasteiger partial charge on any atom is 0.141 e. The number of benzene rings is 1. The Bertz CT molecular complexity index is 364. The van der Waals surface area contributed by atoms with Crippen LogP contribution in [0.1, 0.15) is 24.4 Å². The van der Waals surface area contributed by atoms with E-state index in [0.29, 0.717) is 6.04 Å². The summed E-state index contributed by atoms with van der Waals surface area (Å²) in [7, 11) is 1.92. The average molecular weight is 243 g/mol. The molecule has 16 heavy (non-hydrogen) atoms. The zero-order valence-corrected chi connectivity index (χ0v) is 10.0. The Kier molecular flexibility index (Phi) is 3.79. The number of rotatable bonds is 3. The predicted octanol–water partition coefficient (Wildman–Crippen LogP) is 2.49. The Labute approximate surface area is 100 Å². The summed E-state index contributed by atoms with van der Waals surface area (Å²) in [6, 6.07) is 5.53. The molecular formula is C12H16ClFN2. The minimum atomic E-state index is -0.361. The standard InChI is InChI=1S/C12H16ClFN2/c1-15-12(11-3-2-6-16-11)8-4-5-10(14)9(13)7-8/h4-5,7,11-12,15-16H,2-3,6H2,1H3. The maximum absolute atomic E-state index is 13.1. The van der Waals surface area contributed by atoms with Crippen LogP contribution in [0.25, 0.3) is 0 Å². The van der Waals surface area contributed by atoms with Crippen molar-refractivity contribution in [3.05, 3.63) is 34.6 Å². The fourth-order valence-electron chi connectivity index (χ4n) is 2.30. The van der Waals surface area contributed by atoms with Gasteiger partial charge < -0.3 is 10.6 Å². The summed E-state index contributed by atoms with van der Waals surface area (Å²) in [5.41, 5.74) is 1.04. The Hall–Kier alpha value is -0.640. The lowest BCUT2D eigenvalue weighted by Crippen LogP contribution is -2.36. The van der Waals surface area contributed by atoms with Crippen molar-refractivity contribution in [2.75, 3.05) is 13.6 Å². The van der Waals surface area contributed by atoms with Gasteiger partial charge in [-0.3, -0.25) is 0 Å². The summed E-state index contributed by atoms with van der Waals surface area (Å²) in [4.78, 5) is 0. The molecule has 0 bridgehead atoms. The van der Waals surface area contributed by atoms with Crippen LogP contribution in [0.4, 0.5) is 4.39 Å². The largest absolute Gasteiger partial charge is 0.312 e. The molecule has 0 amide bonds. The molecule has 2 unspecified atom stereocenters. The molecule has 0 saturated carbocycles. The average Bonchev–Trinajstić information content (AvgIpc) is 2.78. The zero-order chi connectivity index (χ0) is 11.5. The third kappa shape index (κ3) is 2.37. The van der Waals surface area contributed by atoms with Gasteiger partial charge in [0.05, 0.1) is 5.02 Å². The molecule has 1 aliphatic rings. The number of hydrogen-bond donors (Lipinski definition) is 2. The highest BCUT2D eigenvalue weighted by Gasteiger charge is 2.24. The first kappa shape index (κ1) is 11.8. The van der Waals surface area contributed by atoms with Crippen molar-refractivity contribution in [1.82, 2.24) is 10.6 Å². The van der Waals surface area contributed by atoms with Crippen molar-refractivity contribution < 1.29 is 4.39 Å². The van der Waals surface area contributed by atoms with E-state index in [0.717, 1.165) is 18.5 Å². The molecule has 1 fully saturated rings. The monoisotopic (exact) mass is 242 g/mol. The van der Waals surface area contributed by atoms with Crippen molar-refractivity contribution in [3.63, 3.8) is 0 Å². The second kappa shape index (κ2) is 5.13. The van der Waals surface area contributed by atoms with Crippen LogP contribution in [-0.2, 0) is 0 Å². The van der Waals surface area contributed by atoms with Crippen molar-refractivity contribution in [2.24, 2.45) is 0 Å². The molecule has 1 aliphatic heterocycles. The Balaban J connectivity index is 2.22. The highest BCUT2D eigenvalue weighted by atomic mass is 35.5. The van der Waals surface area contributed by atoms with Crippen LogP contribution in [0.2, 0.25) is 5.02 Å². The van der Waals surface area contributed by atoms with Crippen LogP contribution in [0, 0.1) is 5.82 Å². The van der Waals surface area contributed by atoms with E-state index >= 15 is 0 Å². The van der Waals surface area contributed by atoms with Gasteiger partial charge in [0.15, 0.2) is 0 Å². The lowest BCUT2D eigenvalue weighted by Gasteiger charge is -2.24. The summed E-state index contributed by atoms with van der Waals surface area (Å²) < 4.78 is 13.1. The van der Waals surface area contributed by atoms with Gasteiger partial charge in [-0.25, -0.2) is 4.39 Å². The predicted molar refractivity (Wildman–Crippen MR) is 64.2 cm³/mol. The first-order valence-electron chi connectivity index (χ1n) is 5.58. The number of nitrogens with one attached hydrogen (secondary N) is 2. The van der Waals surface area contributed by atoms with E-state index in [2.05, 4.69) is 10.6 Å². The molecule has 1 aromatic rings. The highest BCUT2D eigenvalue weighted by Crippen LogP contribution is 2.26. The first-order chi connectivity index (χ1) is 7.72. The highest BCUT2D eigenvalue weighted by molar-refractivity contribution is 6.30. The summed E-state index contributed by atoms with van der Waals surface area (Å²) in [5.74, 6) is -0.361. The molecule has 88 valence electrons. The molecule has 0 radical (unpaired) electrons. The molecule has 2 rings (SSSR count). The van der Waals surface area contributed by atoms with Gasteiger partial charge in [0, 0.05) is 12.1 Å². The second-order valence-corrected chi connectivity index (χ2v) is 4.55. The summed E-state index contributed by atoms with van der Waals surface area (Å²) >= 11 is 5.80. The van der Waals surface area contributed by atoms with Gasteiger partial charge in [0.25, 0.3) is 0 Å². The van der Waals surface area contributed by atoms with Crippen LogP contribution in [0.5, 0.6) is 0 Å². The molecule has 1 saturated heterocycles. The maximum atomic E-state index is 13.1. The van der Waals surface area contributed by atoms with Crippen LogP contribution in [0.3, 0.4) is 0 Å². The summed E-state index contributed by atoms with van der Waals surface area (Å²) in [6.45, 7) is 1.05. The van der Waals surface area contributed by atoms with Crippen LogP contribution in [-0.4, -0.2) is 19.6 Å². The van der Waals surface area contributed by atoms with Gasteiger partial charge in [0.1, 0.15) is 5.82 Å². The molecular weight excluding hydrogens is 227 g/mol. The van der Waals surface area contributed by atoms with Crippen molar-refractivity contribution in [1.29, 1.82) is 0 Å². The minimum Gasteiger partial charge on any atom is -0.312 e. The van der Waals surface area contributed by atoms with Crippen molar-refractivity contribution in [2.45, 2.75) is 24.9 Å². The molecule has 2 atom stereocenters. The molecule has 0 spiro atoms. The van der Waals surface area contributed by atoms with Gasteiger partial charge in [-0.05, 0) is 44.1 Å². The van der Waals surface area contributed by atoms with Gasteiger partial charge in [-0.1, -0.05) is 17.7 Å². The Morgan fingerprint density at radius 3 is 2.94 bits per heavy atom. The number of halogens is 2. The lowest BCUT2D eigenvalue weighted by atomic mass is 9.98. The van der Waals surface area contributed by atoms with Crippen molar-refractivity contribution in [3.8, 4) is 0 Å². The number of likely N-dealkylation sites (N-methyl/N-ethyl adjacent to an activating group) is 1. The smallest absolute Gasteiger partial charge is 0.141 e. The van der Waals surface area contributed by atoms with E-state index in [1.54, 1.807) is 12.1 Å². The van der Waals surface area contributed by atoms with Gasteiger partial charge >= 0.3 is 0 Å².